The largest absolute Gasteiger partial charge is 0.508 e. The quantitative estimate of drug-likeness (QED) is 0.0239. The monoisotopic (exact) mass is 1440 g/mol. The van der Waals surface area contributed by atoms with Crippen LogP contribution in [0.2, 0.25) is 0 Å². The molecule has 550 valence electrons. The van der Waals surface area contributed by atoms with E-state index in [9.17, 15) is 55.5 Å². The van der Waals surface area contributed by atoms with Crippen molar-refractivity contribution in [1.82, 2.24) is 36.4 Å². The van der Waals surface area contributed by atoms with Crippen molar-refractivity contribution in [3.05, 3.63) is 168 Å². The predicted octanol–water partition coefficient (Wildman–Crippen LogP) is 8.36. The first-order valence-corrected chi connectivity index (χ1v) is 37.9. The maximum absolute atomic E-state index is 14.6. The fraction of sp³-hybridized carbons (Fsp3) is 0.434. The summed E-state index contributed by atoms with van der Waals surface area (Å²) in [6.45, 7) is 10.7. The molecule has 0 unspecified atom stereocenters. The average molecular weight is 1440 g/mol. The van der Waals surface area contributed by atoms with E-state index in [1.807, 2.05) is 50.2 Å². The number of aromatic hydroxyl groups is 1. The van der Waals surface area contributed by atoms with Crippen molar-refractivity contribution in [2.24, 2.45) is 17.4 Å². The van der Waals surface area contributed by atoms with Gasteiger partial charge >= 0.3 is 0 Å². The number of rotatable bonds is 21. The standard InChI is InChI=1S/C62H83N9O9.2C7H8O3S/c1-4-5-6-7-8-9-37-80-49-31-27-45(28-32-49)43-21-19-42(20-22-43)44-23-25-46(26-24-44)56(73)66-50-14-11-35-65-59(76)54-38-47(64)39-71(54)61(78)52(13-10-34-63)68-57(74)51(33-18-41-16-29-48(72)30-17-41)67-60(77)53-15-12-36-70(53)62(79)55(40(2)3)69-58(50)75;2*1-6-2-4-7(5-3-6)11(8,9)10/h16-17,19-32,40,47,50-55,72H,4-15,18,33-39,63-64H2,1-3H3,(H,65,76)(H,66,73)(H,67,77)(H,68,74)(H,69,75);2*2-5H,1H3,(H,8,9,10)/t47-,50-,51-,52-,53-,54-,55-;;/m0../s1. The zero-order chi connectivity index (χ0) is 74.1. The van der Waals surface area contributed by atoms with Crippen molar-refractivity contribution < 1.29 is 69.3 Å². The minimum Gasteiger partial charge on any atom is -0.508 e. The Bertz CT molecular complexity index is 3900. The first-order valence-electron chi connectivity index (χ1n) is 35.0. The number of nitrogens with one attached hydrogen (secondary N) is 5. The van der Waals surface area contributed by atoms with Crippen LogP contribution >= 0.6 is 0 Å². The molecule has 0 aromatic heterocycles. The summed E-state index contributed by atoms with van der Waals surface area (Å²) in [5.41, 5.74) is 19.2. The Hall–Kier alpha value is -9.05. The zero-order valence-electron chi connectivity index (χ0n) is 58.7. The molecule has 3 aliphatic rings. The number of benzene rings is 6. The fourth-order valence-electron chi connectivity index (χ4n) is 12.2. The van der Waals surface area contributed by atoms with Gasteiger partial charge in [-0.2, -0.15) is 16.8 Å². The van der Waals surface area contributed by atoms with Crippen LogP contribution in [0.25, 0.3) is 22.3 Å². The van der Waals surface area contributed by atoms with Crippen LogP contribution in [-0.4, -0.2) is 157 Å². The van der Waals surface area contributed by atoms with Gasteiger partial charge in [0.05, 0.1) is 16.4 Å². The molecule has 0 bridgehead atoms. The molecular formula is C76H99N9O15S2. The summed E-state index contributed by atoms with van der Waals surface area (Å²) in [7, 11) is -8.04. The van der Waals surface area contributed by atoms with Crippen molar-refractivity contribution in [1.29, 1.82) is 0 Å². The van der Waals surface area contributed by atoms with E-state index in [4.69, 9.17) is 25.3 Å². The molecule has 0 saturated carbocycles. The van der Waals surface area contributed by atoms with Crippen LogP contribution in [0.4, 0.5) is 0 Å². The minimum atomic E-state index is -4.02. The second-order valence-electron chi connectivity index (χ2n) is 26.5. The minimum absolute atomic E-state index is 0.0575. The Labute approximate surface area is 599 Å². The highest BCUT2D eigenvalue weighted by molar-refractivity contribution is 7.86. The van der Waals surface area contributed by atoms with Gasteiger partial charge in [-0.05, 0) is 179 Å². The van der Waals surface area contributed by atoms with E-state index < -0.39 is 110 Å². The number of hydrogen-bond acceptors (Lipinski definition) is 15. The number of hydrogen-bond donors (Lipinski definition) is 10. The van der Waals surface area contributed by atoms with Crippen LogP contribution in [0, 0.1) is 19.8 Å². The van der Waals surface area contributed by atoms with Gasteiger partial charge in [0, 0.05) is 31.2 Å². The third-order valence-corrected chi connectivity index (χ3v) is 19.9. The molecule has 3 fully saturated rings. The summed E-state index contributed by atoms with van der Waals surface area (Å²) in [6, 6.07) is 34.8. The Morgan fingerprint density at radius 2 is 1.14 bits per heavy atom. The number of unbranched alkanes of at least 4 members (excludes halogenated alkanes) is 5. The predicted molar refractivity (Wildman–Crippen MR) is 390 cm³/mol. The van der Waals surface area contributed by atoms with Crippen LogP contribution in [0.1, 0.15) is 138 Å². The van der Waals surface area contributed by atoms with Gasteiger partial charge < -0.3 is 57.7 Å². The zero-order valence-corrected chi connectivity index (χ0v) is 60.4. The van der Waals surface area contributed by atoms with E-state index in [1.54, 1.807) is 62.4 Å². The second-order valence-corrected chi connectivity index (χ2v) is 29.4. The molecule has 0 spiro atoms. The topological polar surface area (TPSA) is 376 Å². The third kappa shape index (κ3) is 24.3. The molecule has 7 amide bonds. The van der Waals surface area contributed by atoms with Crippen LogP contribution in [0.15, 0.2) is 155 Å². The lowest BCUT2D eigenvalue weighted by Crippen LogP contribution is -2.60. The molecule has 3 heterocycles. The number of amides is 7. The van der Waals surface area contributed by atoms with Gasteiger partial charge in [-0.1, -0.05) is 149 Å². The van der Waals surface area contributed by atoms with Gasteiger partial charge in [0.2, 0.25) is 35.4 Å². The van der Waals surface area contributed by atoms with E-state index in [0.717, 1.165) is 51.1 Å². The highest BCUT2D eigenvalue weighted by Crippen LogP contribution is 2.29. The second kappa shape index (κ2) is 38.8. The lowest BCUT2D eigenvalue weighted by Gasteiger charge is -2.32. The number of fused-ring (bicyclic) bond motifs is 2. The number of nitrogens with two attached hydrogens (primary N) is 2. The first-order chi connectivity index (χ1) is 48.6. The van der Waals surface area contributed by atoms with E-state index in [2.05, 4.69) is 57.8 Å². The molecule has 24 nitrogen and oxygen atoms in total. The number of nitrogens with zero attached hydrogens (tertiary/aromatic N) is 2. The molecule has 7 atom stereocenters. The molecule has 3 aliphatic heterocycles. The van der Waals surface area contributed by atoms with Crippen molar-refractivity contribution in [3.63, 3.8) is 0 Å². The molecular weight excluding hydrogens is 1340 g/mol. The summed E-state index contributed by atoms with van der Waals surface area (Å²) >= 11 is 0. The average Bonchev–Trinajstić information content (AvgIpc) is 1.63. The molecule has 26 heteroatoms. The molecule has 0 aliphatic carbocycles. The SMILES string of the molecule is CCCCCCCCOc1ccc(-c2ccc(-c3ccc(C(=O)N[C@H]4CCCNC(=O)[C@@H]5C[C@H](N)CN5C(=O)[C@H](CCCN)NC(=O)[C@H](CCc5ccc(O)cc5)NC(=O)[C@@H]5CCCN5C(=O)[C@H](C(C)C)NC4=O)cc3)cc2)cc1.Cc1ccc(S(=O)(=O)O)cc1.Cc1ccc(S(=O)(=O)O)cc1. The molecule has 12 N–H and O–H groups in total. The van der Waals surface area contributed by atoms with Crippen molar-refractivity contribution in [3.8, 4) is 33.8 Å². The molecule has 0 radical (unpaired) electrons. The molecule has 6 aromatic carbocycles. The fourth-order valence-corrected chi connectivity index (χ4v) is 13.2. The van der Waals surface area contributed by atoms with E-state index >= 15 is 0 Å². The van der Waals surface area contributed by atoms with Gasteiger partial charge in [-0.3, -0.25) is 42.7 Å². The van der Waals surface area contributed by atoms with Crippen LogP contribution in [0.3, 0.4) is 0 Å². The Morgan fingerprint density at radius 1 is 0.598 bits per heavy atom. The van der Waals surface area contributed by atoms with Gasteiger partial charge in [0.1, 0.15) is 47.8 Å². The van der Waals surface area contributed by atoms with E-state index in [-0.39, 0.29) is 73.8 Å². The number of phenolic OH excluding ortho intramolecular Hbond substituents is 1. The van der Waals surface area contributed by atoms with E-state index in [0.29, 0.717) is 37.9 Å². The smallest absolute Gasteiger partial charge is 0.294 e. The van der Waals surface area contributed by atoms with Gasteiger partial charge in [0.15, 0.2) is 0 Å². The van der Waals surface area contributed by atoms with Crippen LogP contribution < -0.4 is 42.8 Å². The third-order valence-electron chi connectivity index (χ3n) is 18.1. The molecule has 3 saturated heterocycles. The highest BCUT2D eigenvalue weighted by atomic mass is 32.2. The lowest BCUT2D eigenvalue weighted by molar-refractivity contribution is -0.143. The molecule has 102 heavy (non-hydrogen) atoms. The summed E-state index contributed by atoms with van der Waals surface area (Å²) in [4.78, 5) is 103. The Kier molecular flexibility index (Phi) is 30.6. The van der Waals surface area contributed by atoms with Gasteiger partial charge in [0.25, 0.3) is 26.1 Å². The van der Waals surface area contributed by atoms with Crippen LogP contribution in [-0.2, 0) is 55.4 Å². The van der Waals surface area contributed by atoms with Gasteiger partial charge in [-0.25, -0.2) is 0 Å². The summed E-state index contributed by atoms with van der Waals surface area (Å²) < 4.78 is 65.1. The van der Waals surface area contributed by atoms with Crippen molar-refractivity contribution in [2.45, 2.75) is 183 Å². The highest BCUT2D eigenvalue weighted by Gasteiger charge is 2.43. The number of ether oxygens (including phenoxy) is 1. The lowest BCUT2D eigenvalue weighted by atomic mass is 9.99. The summed E-state index contributed by atoms with van der Waals surface area (Å²) in [5, 5.41) is 24.4. The number of aryl methyl sites for hydroxylation is 3. The molecule has 9 rings (SSSR count). The first kappa shape index (κ1) is 80.3. The number of carbonyl (C=O) groups excluding carboxylic acids is 7. The van der Waals surface area contributed by atoms with Crippen molar-refractivity contribution in [2.75, 3.05) is 32.8 Å². The number of carbonyl (C=O) groups is 7. The van der Waals surface area contributed by atoms with Crippen molar-refractivity contribution >= 4 is 61.6 Å². The maximum atomic E-state index is 14.6. The summed E-state index contributed by atoms with van der Waals surface area (Å²) in [6.07, 6.45) is 9.42. The molecule has 6 aromatic rings. The Balaban J connectivity index is 0.000000560. The van der Waals surface area contributed by atoms with Crippen LogP contribution in [0.5, 0.6) is 11.5 Å². The van der Waals surface area contributed by atoms with Gasteiger partial charge in [-0.15, -0.1) is 0 Å². The maximum Gasteiger partial charge on any atom is 0.294 e. The summed E-state index contributed by atoms with van der Waals surface area (Å²) in [5.74, 6) is -3.36. The Morgan fingerprint density at radius 3 is 1.69 bits per heavy atom. The number of phenols is 1. The normalized spacial score (nSPS) is 20.2. The van der Waals surface area contributed by atoms with E-state index in [1.165, 1.54) is 78.3 Å².